The standard InChI is InChI=1S/C15H19NO2/c1-15(2,3)12-5-4-6-14(11-12)18-10-8-13(17)7-9-16/h4-6,11H,7-8,10H2,1-3H3. The Morgan fingerprint density at radius 1 is 1.39 bits per heavy atom. The molecule has 0 unspecified atom stereocenters. The van der Waals surface area contributed by atoms with Gasteiger partial charge in [-0.1, -0.05) is 32.9 Å². The van der Waals surface area contributed by atoms with E-state index in [0.717, 1.165) is 5.75 Å². The smallest absolute Gasteiger partial charge is 0.150 e. The van der Waals surface area contributed by atoms with Gasteiger partial charge in [0.2, 0.25) is 0 Å². The van der Waals surface area contributed by atoms with Gasteiger partial charge in [0.05, 0.1) is 19.1 Å². The first-order valence-corrected chi connectivity index (χ1v) is 6.05. The summed E-state index contributed by atoms with van der Waals surface area (Å²) < 4.78 is 5.53. The van der Waals surface area contributed by atoms with E-state index >= 15 is 0 Å². The largest absolute Gasteiger partial charge is 0.493 e. The SMILES string of the molecule is CC(C)(C)c1cccc(OCCC(=O)CC#N)c1. The molecule has 0 aliphatic rings. The molecule has 0 amide bonds. The van der Waals surface area contributed by atoms with Crippen molar-refractivity contribution in [1.82, 2.24) is 0 Å². The predicted molar refractivity (Wildman–Crippen MR) is 70.5 cm³/mol. The molecule has 96 valence electrons. The number of rotatable bonds is 5. The second-order valence-electron chi connectivity index (χ2n) is 5.25. The first-order valence-electron chi connectivity index (χ1n) is 6.05. The fraction of sp³-hybridized carbons (Fsp3) is 0.467. The second-order valence-corrected chi connectivity index (χ2v) is 5.25. The van der Waals surface area contributed by atoms with Crippen LogP contribution in [0.1, 0.15) is 39.2 Å². The van der Waals surface area contributed by atoms with Crippen LogP contribution in [0.4, 0.5) is 0 Å². The summed E-state index contributed by atoms with van der Waals surface area (Å²) in [5.74, 6) is 0.691. The van der Waals surface area contributed by atoms with Crippen LogP contribution in [-0.4, -0.2) is 12.4 Å². The maximum Gasteiger partial charge on any atom is 0.150 e. The lowest BCUT2D eigenvalue weighted by atomic mass is 9.87. The molecule has 0 atom stereocenters. The molecule has 0 bridgehead atoms. The van der Waals surface area contributed by atoms with Crippen molar-refractivity contribution in [2.45, 2.75) is 39.0 Å². The van der Waals surface area contributed by atoms with E-state index in [1.54, 1.807) is 0 Å². The number of nitriles is 1. The van der Waals surface area contributed by atoms with E-state index in [1.165, 1.54) is 5.56 Å². The fourth-order valence-corrected chi connectivity index (χ4v) is 1.51. The molecular formula is C15H19NO2. The third kappa shape index (κ3) is 4.58. The fourth-order valence-electron chi connectivity index (χ4n) is 1.51. The monoisotopic (exact) mass is 245 g/mol. The van der Waals surface area contributed by atoms with Gasteiger partial charge in [-0.05, 0) is 23.1 Å². The highest BCUT2D eigenvalue weighted by Gasteiger charge is 2.13. The summed E-state index contributed by atoms with van der Waals surface area (Å²) in [4.78, 5) is 11.2. The van der Waals surface area contributed by atoms with Gasteiger partial charge in [0.1, 0.15) is 11.5 Å². The number of hydrogen-bond donors (Lipinski definition) is 0. The van der Waals surface area contributed by atoms with E-state index in [0.29, 0.717) is 6.61 Å². The molecular weight excluding hydrogens is 226 g/mol. The van der Waals surface area contributed by atoms with Crippen LogP contribution in [-0.2, 0) is 10.2 Å². The van der Waals surface area contributed by atoms with Crippen LogP contribution in [0.25, 0.3) is 0 Å². The number of ketones is 1. The lowest BCUT2D eigenvalue weighted by molar-refractivity contribution is -0.118. The Kier molecular flexibility index (Phi) is 4.91. The summed E-state index contributed by atoms with van der Waals surface area (Å²) in [6.45, 7) is 6.75. The summed E-state index contributed by atoms with van der Waals surface area (Å²) in [6.07, 6.45) is 0.249. The molecule has 0 saturated heterocycles. The zero-order chi connectivity index (χ0) is 13.6. The number of nitrogens with zero attached hydrogens (tertiary/aromatic N) is 1. The highest BCUT2D eigenvalue weighted by atomic mass is 16.5. The summed E-state index contributed by atoms with van der Waals surface area (Å²) in [5.41, 5.74) is 1.28. The van der Waals surface area contributed by atoms with Crippen LogP contribution in [0.15, 0.2) is 24.3 Å². The minimum atomic E-state index is -0.0792. The Balaban J connectivity index is 2.54. The van der Waals surface area contributed by atoms with Gasteiger partial charge in [-0.3, -0.25) is 4.79 Å². The molecule has 0 fully saturated rings. The average molecular weight is 245 g/mol. The van der Waals surface area contributed by atoms with Crippen LogP contribution >= 0.6 is 0 Å². The lowest BCUT2D eigenvalue weighted by Crippen LogP contribution is -2.11. The van der Waals surface area contributed by atoms with Crippen LogP contribution < -0.4 is 4.74 Å². The van der Waals surface area contributed by atoms with Crippen molar-refractivity contribution in [3.8, 4) is 11.8 Å². The molecule has 0 spiro atoms. The van der Waals surface area contributed by atoms with Gasteiger partial charge in [0.15, 0.2) is 0 Å². The van der Waals surface area contributed by atoms with Crippen molar-refractivity contribution < 1.29 is 9.53 Å². The molecule has 0 N–H and O–H groups in total. The van der Waals surface area contributed by atoms with Crippen molar-refractivity contribution >= 4 is 5.78 Å². The molecule has 0 aliphatic carbocycles. The number of ether oxygens (including phenoxy) is 1. The molecule has 18 heavy (non-hydrogen) atoms. The molecule has 0 saturated carbocycles. The Hall–Kier alpha value is -1.82. The lowest BCUT2D eigenvalue weighted by Gasteiger charge is -2.19. The normalized spacial score (nSPS) is 10.8. The zero-order valence-corrected chi connectivity index (χ0v) is 11.2. The molecule has 1 aromatic carbocycles. The summed E-state index contributed by atoms with van der Waals surface area (Å²) >= 11 is 0. The summed E-state index contributed by atoms with van der Waals surface area (Å²) in [5, 5.41) is 8.37. The molecule has 0 heterocycles. The maximum absolute atomic E-state index is 11.2. The third-order valence-electron chi connectivity index (χ3n) is 2.63. The first kappa shape index (κ1) is 14.2. The minimum Gasteiger partial charge on any atom is -0.493 e. The predicted octanol–water partition coefficient (Wildman–Crippen LogP) is 3.24. The minimum absolute atomic E-state index is 0.0363. The Morgan fingerprint density at radius 3 is 2.72 bits per heavy atom. The number of carbonyl (C=O) groups is 1. The van der Waals surface area contributed by atoms with Crippen molar-refractivity contribution in [1.29, 1.82) is 5.26 Å². The number of Topliss-reactive ketones (excluding diaryl/α,β-unsaturated/α-hetero) is 1. The second kappa shape index (κ2) is 6.20. The van der Waals surface area contributed by atoms with Crippen molar-refractivity contribution in [2.24, 2.45) is 0 Å². The summed E-state index contributed by atoms with van der Waals surface area (Å²) in [6, 6.07) is 9.73. The molecule has 1 rings (SSSR count). The third-order valence-corrected chi connectivity index (χ3v) is 2.63. The number of hydrogen-bond acceptors (Lipinski definition) is 3. The highest BCUT2D eigenvalue weighted by Crippen LogP contribution is 2.25. The quantitative estimate of drug-likeness (QED) is 0.800. The molecule has 1 aromatic rings. The van der Waals surface area contributed by atoms with Gasteiger partial charge < -0.3 is 4.74 Å². The molecule has 0 aliphatic heterocycles. The Labute approximate surface area is 108 Å². The Morgan fingerprint density at radius 2 is 2.11 bits per heavy atom. The number of carbonyl (C=O) groups excluding carboxylic acids is 1. The van der Waals surface area contributed by atoms with E-state index in [-0.39, 0.29) is 24.0 Å². The maximum atomic E-state index is 11.2. The van der Waals surface area contributed by atoms with E-state index in [4.69, 9.17) is 10.00 Å². The first-order chi connectivity index (χ1) is 8.43. The molecule has 0 aromatic heterocycles. The molecule has 0 radical (unpaired) electrons. The van der Waals surface area contributed by atoms with Gasteiger partial charge >= 0.3 is 0 Å². The van der Waals surface area contributed by atoms with Crippen LogP contribution in [0.2, 0.25) is 0 Å². The molecule has 3 nitrogen and oxygen atoms in total. The van der Waals surface area contributed by atoms with Crippen molar-refractivity contribution in [3.05, 3.63) is 29.8 Å². The van der Waals surface area contributed by atoms with Gasteiger partial charge in [0.25, 0.3) is 0 Å². The molecule has 3 heteroatoms. The zero-order valence-electron chi connectivity index (χ0n) is 11.2. The van der Waals surface area contributed by atoms with Gasteiger partial charge in [-0.15, -0.1) is 0 Å². The summed E-state index contributed by atoms with van der Waals surface area (Å²) in [7, 11) is 0. The van der Waals surface area contributed by atoms with Gasteiger partial charge in [0, 0.05) is 6.42 Å². The van der Waals surface area contributed by atoms with E-state index in [2.05, 4.69) is 26.8 Å². The van der Waals surface area contributed by atoms with Gasteiger partial charge in [-0.25, -0.2) is 0 Å². The van der Waals surface area contributed by atoms with Crippen LogP contribution in [0.3, 0.4) is 0 Å². The van der Waals surface area contributed by atoms with Crippen LogP contribution in [0, 0.1) is 11.3 Å². The van der Waals surface area contributed by atoms with E-state index in [1.807, 2.05) is 24.3 Å². The average Bonchev–Trinajstić information content (AvgIpc) is 2.29. The topological polar surface area (TPSA) is 50.1 Å². The number of benzene rings is 1. The van der Waals surface area contributed by atoms with E-state index < -0.39 is 0 Å². The van der Waals surface area contributed by atoms with Crippen molar-refractivity contribution in [2.75, 3.05) is 6.61 Å². The highest BCUT2D eigenvalue weighted by molar-refractivity contribution is 5.80. The van der Waals surface area contributed by atoms with Gasteiger partial charge in [-0.2, -0.15) is 5.26 Å². The van der Waals surface area contributed by atoms with Crippen LogP contribution in [0.5, 0.6) is 5.75 Å². The van der Waals surface area contributed by atoms with E-state index in [9.17, 15) is 4.79 Å². The Bertz CT molecular complexity index is 452. The van der Waals surface area contributed by atoms with Crippen molar-refractivity contribution in [3.63, 3.8) is 0 Å².